The standard InChI is InChI=1S/C25H19ClN2O5/c1-15(29)17-5-4-6-18(13-17)27-25(31)21(28-24(30)19-7-2-3-8-20(19)26)11-16-9-10-22-23(12-16)33-14-32-22/h2-13H,14H2,1H3,(H,27,31)(H,28,30)/b21-11+. The SMILES string of the molecule is CC(=O)c1cccc(NC(=O)/C(=C\c2ccc3c(c2)OCO3)NC(=O)c2ccccc2Cl)c1. The van der Waals surface area contributed by atoms with Crippen LogP contribution < -0.4 is 20.1 Å². The summed E-state index contributed by atoms with van der Waals surface area (Å²) < 4.78 is 10.7. The predicted octanol–water partition coefficient (Wildman–Crippen LogP) is 4.68. The number of carbonyl (C=O) groups excluding carboxylic acids is 3. The van der Waals surface area contributed by atoms with Gasteiger partial charge in [0, 0.05) is 11.3 Å². The Morgan fingerprint density at radius 2 is 1.73 bits per heavy atom. The Morgan fingerprint density at radius 1 is 0.939 bits per heavy atom. The van der Waals surface area contributed by atoms with E-state index in [9.17, 15) is 14.4 Å². The number of anilines is 1. The van der Waals surface area contributed by atoms with Gasteiger partial charge in [0.05, 0.1) is 10.6 Å². The number of rotatable bonds is 6. The summed E-state index contributed by atoms with van der Waals surface area (Å²) in [6, 6.07) is 18.2. The molecule has 0 spiro atoms. The second-order valence-electron chi connectivity index (χ2n) is 7.20. The fraction of sp³-hybridized carbons (Fsp3) is 0.0800. The summed E-state index contributed by atoms with van der Waals surface area (Å²) in [6.07, 6.45) is 1.51. The highest BCUT2D eigenvalue weighted by Crippen LogP contribution is 2.33. The zero-order valence-electron chi connectivity index (χ0n) is 17.6. The molecule has 2 amide bonds. The Morgan fingerprint density at radius 3 is 2.52 bits per heavy atom. The van der Waals surface area contributed by atoms with E-state index < -0.39 is 11.8 Å². The maximum absolute atomic E-state index is 13.1. The summed E-state index contributed by atoms with van der Waals surface area (Å²) >= 11 is 6.14. The number of amides is 2. The number of ketones is 1. The molecule has 1 aliphatic rings. The minimum Gasteiger partial charge on any atom is -0.454 e. The van der Waals surface area contributed by atoms with Gasteiger partial charge in [0.2, 0.25) is 6.79 Å². The predicted molar refractivity (Wildman–Crippen MR) is 125 cm³/mol. The molecule has 33 heavy (non-hydrogen) atoms. The monoisotopic (exact) mass is 462 g/mol. The van der Waals surface area contributed by atoms with Crippen LogP contribution >= 0.6 is 11.6 Å². The molecule has 2 N–H and O–H groups in total. The van der Waals surface area contributed by atoms with Crippen molar-refractivity contribution >= 4 is 41.0 Å². The van der Waals surface area contributed by atoms with Gasteiger partial charge in [-0.15, -0.1) is 0 Å². The van der Waals surface area contributed by atoms with Gasteiger partial charge in [-0.2, -0.15) is 0 Å². The van der Waals surface area contributed by atoms with E-state index >= 15 is 0 Å². The van der Waals surface area contributed by atoms with E-state index in [1.807, 2.05) is 0 Å². The minimum atomic E-state index is -0.575. The summed E-state index contributed by atoms with van der Waals surface area (Å²) in [5.41, 5.74) is 1.68. The largest absolute Gasteiger partial charge is 0.454 e. The molecule has 0 saturated carbocycles. The van der Waals surface area contributed by atoms with Crippen LogP contribution in [-0.2, 0) is 4.79 Å². The van der Waals surface area contributed by atoms with Crippen molar-refractivity contribution in [2.75, 3.05) is 12.1 Å². The number of hydrogen-bond acceptors (Lipinski definition) is 5. The summed E-state index contributed by atoms with van der Waals surface area (Å²) in [5.74, 6) is -0.113. The lowest BCUT2D eigenvalue weighted by Crippen LogP contribution is -2.31. The molecular formula is C25H19ClN2O5. The summed E-state index contributed by atoms with van der Waals surface area (Å²) in [7, 11) is 0. The fourth-order valence-electron chi connectivity index (χ4n) is 3.18. The smallest absolute Gasteiger partial charge is 0.272 e. The van der Waals surface area contributed by atoms with E-state index in [4.69, 9.17) is 21.1 Å². The van der Waals surface area contributed by atoms with Crippen molar-refractivity contribution < 1.29 is 23.9 Å². The normalized spacial score (nSPS) is 12.2. The van der Waals surface area contributed by atoms with E-state index in [1.165, 1.54) is 13.0 Å². The number of Topliss-reactive ketones (excluding diaryl/α,β-unsaturated/α-hetero) is 1. The van der Waals surface area contributed by atoms with Crippen molar-refractivity contribution in [3.8, 4) is 11.5 Å². The fourth-order valence-corrected chi connectivity index (χ4v) is 3.40. The van der Waals surface area contributed by atoms with Crippen molar-refractivity contribution in [3.63, 3.8) is 0 Å². The molecular weight excluding hydrogens is 444 g/mol. The molecule has 166 valence electrons. The van der Waals surface area contributed by atoms with Crippen LogP contribution in [0.4, 0.5) is 5.69 Å². The first-order valence-electron chi connectivity index (χ1n) is 10.0. The number of hydrogen-bond donors (Lipinski definition) is 2. The lowest BCUT2D eigenvalue weighted by atomic mass is 10.1. The van der Waals surface area contributed by atoms with E-state index in [0.717, 1.165) is 0 Å². The van der Waals surface area contributed by atoms with Gasteiger partial charge in [-0.1, -0.05) is 41.9 Å². The first-order valence-corrected chi connectivity index (χ1v) is 10.4. The molecule has 4 rings (SSSR count). The van der Waals surface area contributed by atoms with Gasteiger partial charge in [-0.25, -0.2) is 0 Å². The molecule has 0 aromatic heterocycles. The topological polar surface area (TPSA) is 93.7 Å². The molecule has 0 unspecified atom stereocenters. The second-order valence-corrected chi connectivity index (χ2v) is 7.60. The molecule has 1 heterocycles. The number of fused-ring (bicyclic) bond motifs is 1. The third-order valence-electron chi connectivity index (χ3n) is 4.85. The van der Waals surface area contributed by atoms with Gasteiger partial charge in [0.25, 0.3) is 11.8 Å². The van der Waals surface area contributed by atoms with Crippen LogP contribution in [-0.4, -0.2) is 24.4 Å². The molecule has 0 aliphatic carbocycles. The van der Waals surface area contributed by atoms with Crippen LogP contribution in [0, 0.1) is 0 Å². The van der Waals surface area contributed by atoms with Crippen LogP contribution in [0.2, 0.25) is 5.02 Å². The summed E-state index contributed by atoms with van der Waals surface area (Å²) in [6.45, 7) is 1.56. The zero-order chi connectivity index (χ0) is 23.4. The molecule has 0 atom stereocenters. The van der Waals surface area contributed by atoms with Crippen molar-refractivity contribution in [1.29, 1.82) is 0 Å². The highest BCUT2D eigenvalue weighted by molar-refractivity contribution is 6.34. The maximum Gasteiger partial charge on any atom is 0.272 e. The third-order valence-corrected chi connectivity index (χ3v) is 5.18. The summed E-state index contributed by atoms with van der Waals surface area (Å²) in [5, 5.41) is 5.61. The quantitative estimate of drug-likeness (QED) is 0.409. The van der Waals surface area contributed by atoms with Crippen molar-refractivity contribution in [3.05, 3.63) is 94.1 Å². The van der Waals surface area contributed by atoms with Gasteiger partial charge >= 0.3 is 0 Å². The minimum absolute atomic E-state index is 0.0213. The average molecular weight is 463 g/mol. The molecule has 1 aliphatic heterocycles. The highest BCUT2D eigenvalue weighted by atomic mass is 35.5. The first-order chi connectivity index (χ1) is 15.9. The number of benzene rings is 3. The molecule has 7 nitrogen and oxygen atoms in total. The number of carbonyl (C=O) groups is 3. The lowest BCUT2D eigenvalue weighted by molar-refractivity contribution is -0.113. The van der Waals surface area contributed by atoms with Crippen molar-refractivity contribution in [2.24, 2.45) is 0 Å². The summed E-state index contributed by atoms with van der Waals surface area (Å²) in [4.78, 5) is 37.6. The molecule has 3 aromatic rings. The average Bonchev–Trinajstić information content (AvgIpc) is 3.27. The molecule has 8 heteroatoms. The van der Waals surface area contributed by atoms with E-state index in [2.05, 4.69) is 10.6 Å². The molecule has 0 saturated heterocycles. The Kier molecular flexibility index (Phi) is 6.42. The number of nitrogens with one attached hydrogen (secondary N) is 2. The second kappa shape index (κ2) is 9.58. The van der Waals surface area contributed by atoms with E-state index in [1.54, 1.807) is 66.7 Å². The lowest BCUT2D eigenvalue weighted by Gasteiger charge is -2.12. The molecule has 0 radical (unpaired) electrons. The highest BCUT2D eigenvalue weighted by Gasteiger charge is 2.18. The van der Waals surface area contributed by atoms with Gasteiger partial charge in [0.15, 0.2) is 17.3 Å². The molecule has 0 bridgehead atoms. The van der Waals surface area contributed by atoms with Crippen LogP contribution in [0.1, 0.15) is 33.2 Å². The van der Waals surface area contributed by atoms with Crippen LogP contribution in [0.15, 0.2) is 72.4 Å². The van der Waals surface area contributed by atoms with Crippen molar-refractivity contribution in [2.45, 2.75) is 6.92 Å². The van der Waals surface area contributed by atoms with Gasteiger partial charge in [-0.3, -0.25) is 14.4 Å². The van der Waals surface area contributed by atoms with Crippen LogP contribution in [0.25, 0.3) is 6.08 Å². The van der Waals surface area contributed by atoms with Gasteiger partial charge in [-0.05, 0) is 55.0 Å². The van der Waals surface area contributed by atoms with Crippen molar-refractivity contribution in [1.82, 2.24) is 5.32 Å². The Hall–Kier alpha value is -4.10. The number of halogens is 1. The third kappa shape index (κ3) is 5.22. The van der Waals surface area contributed by atoms with Crippen LogP contribution in [0.3, 0.4) is 0 Å². The van der Waals surface area contributed by atoms with Gasteiger partial charge in [0.1, 0.15) is 5.70 Å². The molecule has 3 aromatic carbocycles. The first kappa shape index (κ1) is 22.1. The molecule has 0 fully saturated rings. The van der Waals surface area contributed by atoms with Gasteiger partial charge < -0.3 is 20.1 Å². The Balaban J connectivity index is 1.65. The number of ether oxygens (including phenoxy) is 2. The van der Waals surface area contributed by atoms with E-state index in [-0.39, 0.29) is 28.9 Å². The van der Waals surface area contributed by atoms with E-state index in [0.29, 0.717) is 28.3 Å². The van der Waals surface area contributed by atoms with Crippen LogP contribution in [0.5, 0.6) is 11.5 Å². The Labute approximate surface area is 195 Å². The Bertz CT molecular complexity index is 1290. The zero-order valence-corrected chi connectivity index (χ0v) is 18.3. The maximum atomic E-state index is 13.1.